The number of anilines is 1. The Kier molecular flexibility index (Phi) is 6.26. The van der Waals surface area contributed by atoms with Gasteiger partial charge in [-0.15, -0.1) is 0 Å². The van der Waals surface area contributed by atoms with Crippen molar-refractivity contribution in [3.63, 3.8) is 0 Å². The first-order valence-electron chi connectivity index (χ1n) is 6.86. The zero-order valence-electron chi connectivity index (χ0n) is 11.6. The summed E-state index contributed by atoms with van der Waals surface area (Å²) < 4.78 is 0. The second-order valence-corrected chi connectivity index (χ2v) is 4.49. The number of hydrogen-bond acceptors (Lipinski definition) is 2. The van der Waals surface area contributed by atoms with Crippen LogP contribution in [0.1, 0.15) is 50.4 Å². The summed E-state index contributed by atoms with van der Waals surface area (Å²) in [6.07, 6.45) is 3.13. The Labute approximate surface area is 110 Å². The molecule has 2 N–H and O–H groups in total. The van der Waals surface area contributed by atoms with Gasteiger partial charge in [-0.05, 0) is 37.5 Å². The molecule has 100 valence electrons. The lowest BCUT2D eigenvalue weighted by Crippen LogP contribution is -2.24. The van der Waals surface area contributed by atoms with E-state index in [4.69, 9.17) is 0 Å². The quantitative estimate of drug-likeness (QED) is 0.776. The molecule has 1 aromatic rings. The topological polar surface area (TPSA) is 41.1 Å². The Morgan fingerprint density at radius 3 is 2.56 bits per heavy atom. The molecule has 1 rings (SSSR count). The Bertz CT molecular complexity index is 373. The molecule has 0 aliphatic rings. The van der Waals surface area contributed by atoms with Crippen LogP contribution in [0.2, 0.25) is 0 Å². The van der Waals surface area contributed by atoms with E-state index in [1.807, 2.05) is 31.2 Å². The summed E-state index contributed by atoms with van der Waals surface area (Å²) in [5, 5.41) is 6.34. The highest BCUT2D eigenvalue weighted by molar-refractivity contribution is 5.95. The summed E-state index contributed by atoms with van der Waals surface area (Å²) in [7, 11) is 0. The van der Waals surface area contributed by atoms with Gasteiger partial charge in [0.15, 0.2) is 0 Å². The summed E-state index contributed by atoms with van der Waals surface area (Å²) in [6, 6.07) is 8.17. The SMILES string of the molecule is CCCNC(=O)c1cccc(NC(CC)CC)c1. The minimum Gasteiger partial charge on any atom is -0.382 e. The fourth-order valence-electron chi connectivity index (χ4n) is 1.82. The molecule has 0 aliphatic heterocycles. The molecular weight excluding hydrogens is 224 g/mol. The van der Waals surface area contributed by atoms with Crippen molar-refractivity contribution in [3.8, 4) is 0 Å². The van der Waals surface area contributed by atoms with Crippen molar-refractivity contribution in [1.82, 2.24) is 5.32 Å². The molecule has 0 bridgehead atoms. The molecule has 0 aliphatic carbocycles. The molecule has 0 aromatic heterocycles. The molecule has 1 aromatic carbocycles. The Morgan fingerprint density at radius 1 is 1.22 bits per heavy atom. The molecular formula is C15H24N2O. The number of nitrogens with one attached hydrogen (secondary N) is 2. The summed E-state index contributed by atoms with van der Waals surface area (Å²) in [4.78, 5) is 11.8. The number of benzene rings is 1. The van der Waals surface area contributed by atoms with Crippen LogP contribution in [0.25, 0.3) is 0 Å². The van der Waals surface area contributed by atoms with Crippen LogP contribution in [0.3, 0.4) is 0 Å². The monoisotopic (exact) mass is 248 g/mol. The molecule has 0 spiro atoms. The predicted molar refractivity (Wildman–Crippen MR) is 77.1 cm³/mol. The van der Waals surface area contributed by atoms with E-state index >= 15 is 0 Å². The van der Waals surface area contributed by atoms with Crippen LogP contribution in [0, 0.1) is 0 Å². The van der Waals surface area contributed by atoms with Gasteiger partial charge in [-0.1, -0.05) is 26.8 Å². The number of hydrogen-bond donors (Lipinski definition) is 2. The second-order valence-electron chi connectivity index (χ2n) is 4.49. The van der Waals surface area contributed by atoms with Gasteiger partial charge < -0.3 is 10.6 Å². The minimum atomic E-state index is 0.00467. The number of carbonyl (C=O) groups is 1. The van der Waals surface area contributed by atoms with E-state index in [0.29, 0.717) is 6.04 Å². The normalized spacial score (nSPS) is 10.4. The van der Waals surface area contributed by atoms with Crippen molar-refractivity contribution in [2.75, 3.05) is 11.9 Å². The molecule has 3 heteroatoms. The molecule has 18 heavy (non-hydrogen) atoms. The first kappa shape index (κ1) is 14.6. The second kappa shape index (κ2) is 7.75. The van der Waals surface area contributed by atoms with E-state index in [2.05, 4.69) is 24.5 Å². The zero-order chi connectivity index (χ0) is 13.4. The fourth-order valence-corrected chi connectivity index (χ4v) is 1.82. The molecule has 0 saturated carbocycles. The van der Waals surface area contributed by atoms with Gasteiger partial charge in [0.2, 0.25) is 0 Å². The molecule has 0 fully saturated rings. The van der Waals surface area contributed by atoms with Gasteiger partial charge in [0.1, 0.15) is 0 Å². The maximum atomic E-state index is 11.8. The molecule has 0 radical (unpaired) electrons. The summed E-state index contributed by atoms with van der Waals surface area (Å²) >= 11 is 0. The molecule has 0 unspecified atom stereocenters. The van der Waals surface area contributed by atoms with Crippen molar-refractivity contribution in [1.29, 1.82) is 0 Å². The van der Waals surface area contributed by atoms with Crippen LogP contribution >= 0.6 is 0 Å². The van der Waals surface area contributed by atoms with E-state index < -0.39 is 0 Å². The summed E-state index contributed by atoms with van der Waals surface area (Å²) in [5.41, 5.74) is 1.74. The van der Waals surface area contributed by atoms with Crippen LogP contribution in [0.15, 0.2) is 24.3 Å². The largest absolute Gasteiger partial charge is 0.382 e. The fraction of sp³-hybridized carbons (Fsp3) is 0.533. The van der Waals surface area contributed by atoms with Gasteiger partial charge in [-0.2, -0.15) is 0 Å². The van der Waals surface area contributed by atoms with Gasteiger partial charge in [0, 0.05) is 23.8 Å². The van der Waals surface area contributed by atoms with Crippen molar-refractivity contribution >= 4 is 11.6 Å². The minimum absolute atomic E-state index is 0.00467. The molecule has 0 heterocycles. The van der Waals surface area contributed by atoms with Gasteiger partial charge >= 0.3 is 0 Å². The Hall–Kier alpha value is -1.51. The van der Waals surface area contributed by atoms with E-state index in [-0.39, 0.29) is 5.91 Å². The average Bonchev–Trinajstić information content (AvgIpc) is 2.42. The van der Waals surface area contributed by atoms with E-state index in [1.54, 1.807) is 0 Å². The first-order valence-corrected chi connectivity index (χ1v) is 6.86. The molecule has 1 amide bonds. The Balaban J connectivity index is 2.69. The van der Waals surface area contributed by atoms with Crippen LogP contribution in [-0.4, -0.2) is 18.5 Å². The van der Waals surface area contributed by atoms with Crippen molar-refractivity contribution in [2.24, 2.45) is 0 Å². The van der Waals surface area contributed by atoms with Crippen LogP contribution in [0.5, 0.6) is 0 Å². The lowest BCUT2D eigenvalue weighted by molar-refractivity contribution is 0.0953. The zero-order valence-corrected chi connectivity index (χ0v) is 11.6. The van der Waals surface area contributed by atoms with Crippen LogP contribution in [-0.2, 0) is 0 Å². The summed E-state index contributed by atoms with van der Waals surface area (Å²) in [5.74, 6) is 0.00467. The lowest BCUT2D eigenvalue weighted by Gasteiger charge is -2.16. The van der Waals surface area contributed by atoms with Gasteiger partial charge in [-0.25, -0.2) is 0 Å². The molecule has 0 saturated heterocycles. The standard InChI is InChI=1S/C15H24N2O/c1-4-10-16-15(18)12-8-7-9-14(11-12)17-13(5-2)6-3/h7-9,11,13,17H,4-6,10H2,1-3H3,(H,16,18). The Morgan fingerprint density at radius 2 is 1.94 bits per heavy atom. The van der Waals surface area contributed by atoms with E-state index in [0.717, 1.165) is 37.1 Å². The van der Waals surface area contributed by atoms with Gasteiger partial charge in [0.25, 0.3) is 5.91 Å². The van der Waals surface area contributed by atoms with E-state index in [1.165, 1.54) is 0 Å². The highest BCUT2D eigenvalue weighted by Crippen LogP contribution is 2.14. The maximum absolute atomic E-state index is 11.8. The number of rotatable bonds is 7. The third kappa shape index (κ3) is 4.40. The van der Waals surface area contributed by atoms with Gasteiger partial charge in [0.05, 0.1) is 0 Å². The highest BCUT2D eigenvalue weighted by Gasteiger charge is 2.07. The van der Waals surface area contributed by atoms with E-state index in [9.17, 15) is 4.79 Å². The third-order valence-electron chi connectivity index (χ3n) is 3.02. The highest BCUT2D eigenvalue weighted by atomic mass is 16.1. The van der Waals surface area contributed by atoms with Crippen molar-refractivity contribution in [3.05, 3.63) is 29.8 Å². The van der Waals surface area contributed by atoms with Crippen LogP contribution in [0.4, 0.5) is 5.69 Å². The van der Waals surface area contributed by atoms with Crippen molar-refractivity contribution in [2.45, 2.75) is 46.1 Å². The lowest BCUT2D eigenvalue weighted by atomic mass is 10.1. The van der Waals surface area contributed by atoms with Crippen LogP contribution < -0.4 is 10.6 Å². The maximum Gasteiger partial charge on any atom is 0.251 e. The van der Waals surface area contributed by atoms with Gasteiger partial charge in [-0.3, -0.25) is 4.79 Å². The smallest absolute Gasteiger partial charge is 0.251 e. The number of carbonyl (C=O) groups excluding carboxylic acids is 1. The summed E-state index contributed by atoms with van der Waals surface area (Å²) in [6.45, 7) is 7.10. The molecule has 3 nitrogen and oxygen atoms in total. The number of amides is 1. The van der Waals surface area contributed by atoms with Crippen molar-refractivity contribution < 1.29 is 4.79 Å². The average molecular weight is 248 g/mol. The third-order valence-corrected chi connectivity index (χ3v) is 3.02. The first-order chi connectivity index (χ1) is 8.71. The predicted octanol–water partition coefficient (Wildman–Crippen LogP) is 3.43. The molecule has 0 atom stereocenters.